The second kappa shape index (κ2) is 3.17. The predicted molar refractivity (Wildman–Crippen MR) is 65.4 cm³/mol. The fourth-order valence-corrected chi connectivity index (χ4v) is 2.03. The fraction of sp³-hybridized carbons (Fsp3) is 0. The summed E-state index contributed by atoms with van der Waals surface area (Å²) in [7, 11) is 0. The monoisotopic (exact) mass is 211 g/mol. The van der Waals surface area contributed by atoms with Gasteiger partial charge in [0.1, 0.15) is 11.2 Å². The molecule has 1 heterocycles. The molecule has 15 heavy (non-hydrogen) atoms. The maximum Gasteiger partial charge on any atom is 0.136 e. The van der Waals surface area contributed by atoms with Crippen LogP contribution in [-0.4, -0.2) is 5.37 Å². The first-order valence-electron chi connectivity index (χ1n) is 4.68. The van der Waals surface area contributed by atoms with E-state index in [-0.39, 0.29) is 0 Å². The third-order valence-electron chi connectivity index (χ3n) is 2.51. The highest BCUT2D eigenvalue weighted by atomic mass is 32.1. The van der Waals surface area contributed by atoms with Crippen molar-refractivity contribution in [2.45, 2.75) is 0 Å². The van der Waals surface area contributed by atoms with Crippen molar-refractivity contribution in [3.8, 4) is 0 Å². The predicted octanol–water partition coefficient (Wildman–Crippen LogP) is 3.81. The van der Waals surface area contributed by atoms with Crippen molar-refractivity contribution in [3.05, 3.63) is 48.0 Å². The number of rotatable bonds is 1. The Morgan fingerprint density at radius 3 is 2.60 bits per heavy atom. The Kier molecular flexibility index (Phi) is 1.82. The van der Waals surface area contributed by atoms with Crippen LogP contribution in [0.3, 0.4) is 0 Å². The lowest BCUT2D eigenvalue weighted by atomic mass is 10.1. The van der Waals surface area contributed by atoms with Crippen molar-refractivity contribution < 1.29 is 4.42 Å². The van der Waals surface area contributed by atoms with Crippen LogP contribution in [0.25, 0.3) is 21.9 Å². The fourth-order valence-electron chi connectivity index (χ4n) is 1.86. The SMILES string of the molecule is S=[C]c1cccc2oc3ccccc3c12. The van der Waals surface area contributed by atoms with Crippen LogP contribution in [0.1, 0.15) is 5.56 Å². The lowest BCUT2D eigenvalue weighted by Crippen LogP contribution is -1.78. The van der Waals surface area contributed by atoms with Crippen LogP contribution in [0, 0.1) is 0 Å². The molecule has 0 fully saturated rings. The number of hydrogen-bond donors (Lipinski definition) is 0. The molecule has 0 saturated heterocycles. The number of fused-ring (bicyclic) bond motifs is 3. The van der Waals surface area contributed by atoms with E-state index < -0.39 is 0 Å². The molecule has 0 atom stereocenters. The van der Waals surface area contributed by atoms with Gasteiger partial charge in [-0.1, -0.05) is 42.5 Å². The number of hydrogen-bond acceptors (Lipinski definition) is 2. The summed E-state index contributed by atoms with van der Waals surface area (Å²) in [6.07, 6.45) is 0. The number of thiocarbonyl (C=S) groups is 1. The van der Waals surface area contributed by atoms with Gasteiger partial charge in [0.15, 0.2) is 0 Å². The van der Waals surface area contributed by atoms with E-state index in [9.17, 15) is 0 Å². The summed E-state index contributed by atoms with van der Waals surface area (Å²) in [5.74, 6) is 0. The third-order valence-corrected chi connectivity index (χ3v) is 2.73. The Morgan fingerprint density at radius 1 is 0.933 bits per heavy atom. The number of para-hydroxylation sites is 1. The van der Waals surface area contributed by atoms with Gasteiger partial charge in [-0.25, -0.2) is 0 Å². The molecular formula is C13H7OS. The van der Waals surface area contributed by atoms with E-state index in [4.69, 9.17) is 16.6 Å². The Labute approximate surface area is 92.3 Å². The van der Waals surface area contributed by atoms with Gasteiger partial charge >= 0.3 is 0 Å². The highest BCUT2D eigenvalue weighted by molar-refractivity contribution is 7.79. The van der Waals surface area contributed by atoms with Crippen LogP contribution in [0.5, 0.6) is 0 Å². The Morgan fingerprint density at radius 2 is 1.73 bits per heavy atom. The molecule has 1 aromatic heterocycles. The Hall–Kier alpha value is -1.67. The van der Waals surface area contributed by atoms with Crippen molar-refractivity contribution in [2.24, 2.45) is 0 Å². The van der Waals surface area contributed by atoms with Gasteiger partial charge in [0.2, 0.25) is 0 Å². The van der Waals surface area contributed by atoms with E-state index in [0.717, 1.165) is 27.5 Å². The molecule has 0 amide bonds. The minimum Gasteiger partial charge on any atom is -0.456 e. The van der Waals surface area contributed by atoms with Crippen molar-refractivity contribution >= 4 is 39.5 Å². The summed E-state index contributed by atoms with van der Waals surface area (Å²) in [5, 5.41) is 4.93. The van der Waals surface area contributed by atoms with Crippen molar-refractivity contribution in [1.29, 1.82) is 0 Å². The minimum absolute atomic E-state index is 0.867. The molecule has 1 nitrogen and oxygen atoms in total. The van der Waals surface area contributed by atoms with Gasteiger partial charge in [-0.3, -0.25) is 0 Å². The van der Waals surface area contributed by atoms with Crippen LogP contribution in [0.15, 0.2) is 46.9 Å². The average Bonchev–Trinajstić information content (AvgIpc) is 2.67. The van der Waals surface area contributed by atoms with Gasteiger partial charge in [0, 0.05) is 16.3 Å². The maximum atomic E-state index is 5.71. The standard InChI is InChI=1S/C13H7OS/c15-8-9-4-3-7-12-13(9)10-5-1-2-6-11(10)14-12/h1-7H. The van der Waals surface area contributed by atoms with E-state index in [2.05, 4.69) is 5.37 Å². The van der Waals surface area contributed by atoms with E-state index in [0.29, 0.717) is 0 Å². The number of benzene rings is 2. The van der Waals surface area contributed by atoms with E-state index in [1.165, 1.54) is 0 Å². The largest absolute Gasteiger partial charge is 0.456 e. The smallest absolute Gasteiger partial charge is 0.136 e. The van der Waals surface area contributed by atoms with Gasteiger partial charge in [0.05, 0.1) is 5.37 Å². The molecule has 71 valence electrons. The Balaban J connectivity index is 2.62. The van der Waals surface area contributed by atoms with Gasteiger partial charge in [0.25, 0.3) is 0 Å². The van der Waals surface area contributed by atoms with Gasteiger partial charge in [-0.15, -0.1) is 0 Å². The van der Waals surface area contributed by atoms with Crippen molar-refractivity contribution in [3.63, 3.8) is 0 Å². The van der Waals surface area contributed by atoms with E-state index in [1.807, 2.05) is 42.5 Å². The van der Waals surface area contributed by atoms with Crippen molar-refractivity contribution in [2.75, 3.05) is 0 Å². The lowest BCUT2D eigenvalue weighted by Gasteiger charge is -1.93. The van der Waals surface area contributed by atoms with Gasteiger partial charge in [-0.05, 0) is 12.1 Å². The molecule has 3 rings (SSSR count). The lowest BCUT2D eigenvalue weighted by molar-refractivity contribution is 0.669. The van der Waals surface area contributed by atoms with Crippen molar-refractivity contribution in [1.82, 2.24) is 0 Å². The second-order valence-corrected chi connectivity index (χ2v) is 3.58. The molecule has 0 N–H and O–H groups in total. The number of furan rings is 1. The third kappa shape index (κ3) is 1.18. The Bertz CT molecular complexity index is 652. The molecular weight excluding hydrogens is 204 g/mol. The first kappa shape index (κ1) is 8.62. The highest BCUT2D eigenvalue weighted by Crippen LogP contribution is 2.30. The molecule has 0 aliphatic heterocycles. The summed E-state index contributed by atoms with van der Waals surface area (Å²) in [6, 6.07) is 13.8. The molecule has 1 radical (unpaired) electrons. The first-order valence-corrected chi connectivity index (χ1v) is 5.09. The quantitative estimate of drug-likeness (QED) is 0.568. The zero-order chi connectivity index (χ0) is 10.3. The molecule has 0 bridgehead atoms. The normalized spacial score (nSPS) is 10.9. The summed E-state index contributed by atoms with van der Waals surface area (Å²) in [6.45, 7) is 0. The maximum absolute atomic E-state index is 5.71. The van der Waals surface area contributed by atoms with E-state index in [1.54, 1.807) is 0 Å². The summed E-state index contributed by atoms with van der Waals surface area (Å²) >= 11 is 4.88. The molecule has 0 aliphatic carbocycles. The molecule has 0 saturated carbocycles. The summed E-state index contributed by atoms with van der Waals surface area (Å²) in [5.41, 5.74) is 2.68. The topological polar surface area (TPSA) is 13.1 Å². The molecule has 0 aliphatic rings. The zero-order valence-corrected chi connectivity index (χ0v) is 8.67. The van der Waals surface area contributed by atoms with Crippen LogP contribution < -0.4 is 0 Å². The van der Waals surface area contributed by atoms with Crippen LogP contribution >= 0.6 is 12.2 Å². The summed E-state index contributed by atoms with van der Waals surface area (Å²) in [4.78, 5) is 0. The molecule has 2 aromatic carbocycles. The van der Waals surface area contributed by atoms with Gasteiger partial charge in [-0.2, -0.15) is 0 Å². The second-order valence-electron chi connectivity index (χ2n) is 3.38. The van der Waals surface area contributed by atoms with Crippen LogP contribution in [0.4, 0.5) is 0 Å². The minimum atomic E-state index is 0.867. The first-order chi connectivity index (χ1) is 7.40. The summed E-state index contributed by atoms with van der Waals surface area (Å²) < 4.78 is 5.71. The zero-order valence-electron chi connectivity index (χ0n) is 7.86. The molecule has 0 spiro atoms. The van der Waals surface area contributed by atoms with E-state index >= 15 is 0 Å². The van der Waals surface area contributed by atoms with Crippen LogP contribution in [-0.2, 0) is 0 Å². The highest BCUT2D eigenvalue weighted by Gasteiger charge is 2.08. The average molecular weight is 211 g/mol. The molecule has 0 unspecified atom stereocenters. The van der Waals surface area contributed by atoms with Gasteiger partial charge < -0.3 is 4.42 Å². The molecule has 2 heteroatoms. The molecule has 3 aromatic rings. The van der Waals surface area contributed by atoms with Crippen LogP contribution in [0.2, 0.25) is 0 Å².